The zero-order valence-electron chi connectivity index (χ0n) is 13.3. The highest BCUT2D eigenvalue weighted by Crippen LogP contribution is 2.27. The minimum Gasteiger partial charge on any atom is -0.496 e. The predicted octanol–water partition coefficient (Wildman–Crippen LogP) is 5.07. The van der Waals surface area contributed by atoms with E-state index in [9.17, 15) is 9.18 Å². The van der Waals surface area contributed by atoms with Crippen LogP contribution in [0.25, 0.3) is 0 Å². The maximum atomic E-state index is 13.6. The zero-order valence-corrected chi connectivity index (χ0v) is 14.9. The molecular formula is C19H15ClFNO2S. The lowest BCUT2D eigenvalue weighted by Gasteiger charge is -2.19. The third kappa shape index (κ3) is 4.00. The number of hydrogen-bond acceptors (Lipinski definition) is 3. The Morgan fingerprint density at radius 2 is 1.92 bits per heavy atom. The third-order valence-electron chi connectivity index (χ3n) is 3.76. The van der Waals surface area contributed by atoms with Gasteiger partial charge in [0.1, 0.15) is 11.6 Å². The number of ether oxygens (including phenoxy) is 1. The van der Waals surface area contributed by atoms with Gasteiger partial charge in [-0.2, -0.15) is 11.3 Å². The molecule has 1 amide bonds. The smallest absolute Gasteiger partial charge is 0.255 e. The first-order valence-corrected chi connectivity index (χ1v) is 8.82. The zero-order chi connectivity index (χ0) is 17.8. The largest absolute Gasteiger partial charge is 0.496 e. The summed E-state index contributed by atoms with van der Waals surface area (Å²) in [6.45, 7) is 0. The van der Waals surface area contributed by atoms with Gasteiger partial charge in [-0.15, -0.1) is 0 Å². The molecule has 3 rings (SSSR count). The highest BCUT2D eigenvalue weighted by molar-refractivity contribution is 7.08. The van der Waals surface area contributed by atoms with Crippen molar-refractivity contribution in [3.63, 3.8) is 0 Å². The van der Waals surface area contributed by atoms with Gasteiger partial charge in [-0.1, -0.05) is 23.7 Å². The first-order chi connectivity index (χ1) is 12.1. The number of benzene rings is 2. The first-order valence-electron chi connectivity index (χ1n) is 7.50. The Kier molecular flexibility index (Phi) is 5.36. The van der Waals surface area contributed by atoms with Crippen molar-refractivity contribution in [2.24, 2.45) is 0 Å². The van der Waals surface area contributed by atoms with E-state index in [-0.39, 0.29) is 11.6 Å². The summed E-state index contributed by atoms with van der Waals surface area (Å²) in [5, 5.41) is 7.47. The van der Waals surface area contributed by atoms with Crippen molar-refractivity contribution in [1.29, 1.82) is 0 Å². The molecule has 0 aliphatic carbocycles. The van der Waals surface area contributed by atoms with E-state index < -0.39 is 11.7 Å². The summed E-state index contributed by atoms with van der Waals surface area (Å²) in [6.07, 6.45) is 0. The van der Waals surface area contributed by atoms with E-state index in [4.69, 9.17) is 16.3 Å². The molecule has 2 aromatic carbocycles. The molecule has 0 radical (unpaired) electrons. The van der Waals surface area contributed by atoms with E-state index >= 15 is 0 Å². The van der Waals surface area contributed by atoms with E-state index in [1.165, 1.54) is 36.6 Å². The van der Waals surface area contributed by atoms with E-state index in [0.717, 1.165) is 11.1 Å². The second-order valence-electron chi connectivity index (χ2n) is 5.36. The van der Waals surface area contributed by atoms with Crippen LogP contribution in [0.15, 0.2) is 59.3 Å². The van der Waals surface area contributed by atoms with Crippen LogP contribution >= 0.6 is 22.9 Å². The molecule has 1 atom stereocenters. The van der Waals surface area contributed by atoms with Gasteiger partial charge >= 0.3 is 0 Å². The number of hydrogen-bond donors (Lipinski definition) is 1. The molecule has 0 saturated heterocycles. The minimum atomic E-state index is -0.496. The summed E-state index contributed by atoms with van der Waals surface area (Å²) in [4.78, 5) is 12.7. The predicted molar refractivity (Wildman–Crippen MR) is 98.0 cm³/mol. The number of thiophene rings is 1. The van der Waals surface area contributed by atoms with Gasteiger partial charge in [0.05, 0.1) is 18.7 Å². The van der Waals surface area contributed by atoms with Crippen LogP contribution in [0, 0.1) is 5.82 Å². The molecule has 0 aliphatic heterocycles. The number of rotatable bonds is 5. The average Bonchev–Trinajstić information content (AvgIpc) is 3.14. The molecule has 0 fully saturated rings. The molecule has 25 heavy (non-hydrogen) atoms. The summed E-state index contributed by atoms with van der Waals surface area (Å²) in [7, 11) is 1.44. The fourth-order valence-electron chi connectivity index (χ4n) is 2.52. The fourth-order valence-corrected chi connectivity index (χ4v) is 3.33. The maximum absolute atomic E-state index is 13.6. The number of carbonyl (C=O) groups excluding carboxylic acids is 1. The molecule has 0 aliphatic rings. The molecule has 128 valence electrons. The van der Waals surface area contributed by atoms with Gasteiger partial charge in [0.15, 0.2) is 0 Å². The van der Waals surface area contributed by atoms with Crippen molar-refractivity contribution in [2.45, 2.75) is 6.04 Å². The van der Waals surface area contributed by atoms with Gasteiger partial charge in [0, 0.05) is 5.02 Å². The van der Waals surface area contributed by atoms with Crippen LogP contribution in [-0.2, 0) is 0 Å². The van der Waals surface area contributed by atoms with Crippen LogP contribution in [0.5, 0.6) is 5.75 Å². The Hall–Kier alpha value is -2.37. The molecule has 6 heteroatoms. The van der Waals surface area contributed by atoms with Gasteiger partial charge in [-0.3, -0.25) is 4.79 Å². The second kappa shape index (κ2) is 7.68. The van der Waals surface area contributed by atoms with Crippen molar-refractivity contribution < 1.29 is 13.9 Å². The molecule has 0 bridgehead atoms. The molecule has 1 unspecified atom stereocenters. The first kappa shape index (κ1) is 17.5. The van der Waals surface area contributed by atoms with Crippen LogP contribution in [0.3, 0.4) is 0 Å². The lowest BCUT2D eigenvalue weighted by Crippen LogP contribution is -2.29. The molecule has 0 spiro atoms. The summed E-state index contributed by atoms with van der Waals surface area (Å²) in [5.41, 5.74) is 1.97. The summed E-state index contributed by atoms with van der Waals surface area (Å²) < 4.78 is 18.7. The summed E-state index contributed by atoms with van der Waals surface area (Å²) in [6, 6.07) is 12.7. The highest BCUT2D eigenvalue weighted by Gasteiger charge is 2.21. The van der Waals surface area contributed by atoms with E-state index in [1.807, 2.05) is 29.0 Å². The average molecular weight is 376 g/mol. The Morgan fingerprint density at radius 1 is 1.16 bits per heavy atom. The third-order valence-corrected chi connectivity index (χ3v) is 4.71. The van der Waals surface area contributed by atoms with Crippen molar-refractivity contribution >= 4 is 28.8 Å². The Labute approximate surface area is 154 Å². The number of carbonyl (C=O) groups is 1. The number of methoxy groups -OCH3 is 1. The maximum Gasteiger partial charge on any atom is 0.255 e. The van der Waals surface area contributed by atoms with Crippen LogP contribution < -0.4 is 10.1 Å². The van der Waals surface area contributed by atoms with E-state index in [2.05, 4.69) is 5.32 Å². The SMILES string of the molecule is COc1ccc(F)cc1C(=O)NC(c1ccc(Cl)cc1)c1ccsc1. The number of amides is 1. The summed E-state index contributed by atoms with van der Waals surface area (Å²) in [5.74, 6) is -0.592. The Bertz CT molecular complexity index is 866. The molecule has 1 heterocycles. The molecule has 1 N–H and O–H groups in total. The standard InChI is InChI=1S/C19H15ClFNO2S/c1-24-17-7-6-15(21)10-16(17)19(23)22-18(13-8-9-25-11-13)12-2-4-14(20)5-3-12/h2-11,18H,1H3,(H,22,23). The van der Waals surface area contributed by atoms with Crippen molar-refractivity contribution in [3.8, 4) is 5.75 Å². The van der Waals surface area contributed by atoms with Crippen molar-refractivity contribution in [1.82, 2.24) is 5.32 Å². The fraction of sp³-hybridized carbons (Fsp3) is 0.105. The molecule has 1 aromatic heterocycles. The van der Waals surface area contributed by atoms with Crippen LogP contribution in [0.1, 0.15) is 27.5 Å². The molecule has 3 nitrogen and oxygen atoms in total. The highest BCUT2D eigenvalue weighted by atomic mass is 35.5. The lowest BCUT2D eigenvalue weighted by molar-refractivity contribution is 0.0939. The van der Waals surface area contributed by atoms with Gasteiger partial charge < -0.3 is 10.1 Å². The van der Waals surface area contributed by atoms with Crippen molar-refractivity contribution in [2.75, 3.05) is 7.11 Å². The van der Waals surface area contributed by atoms with Gasteiger partial charge in [-0.25, -0.2) is 4.39 Å². The monoisotopic (exact) mass is 375 g/mol. The van der Waals surface area contributed by atoms with Gasteiger partial charge in [-0.05, 0) is 58.3 Å². The van der Waals surface area contributed by atoms with Gasteiger partial charge in [0.2, 0.25) is 0 Å². The molecular weight excluding hydrogens is 361 g/mol. The Morgan fingerprint density at radius 3 is 2.56 bits per heavy atom. The van der Waals surface area contributed by atoms with Crippen LogP contribution in [-0.4, -0.2) is 13.0 Å². The van der Waals surface area contributed by atoms with Crippen LogP contribution in [0.4, 0.5) is 4.39 Å². The summed E-state index contributed by atoms with van der Waals surface area (Å²) >= 11 is 7.49. The topological polar surface area (TPSA) is 38.3 Å². The molecule has 0 saturated carbocycles. The minimum absolute atomic E-state index is 0.150. The quantitative estimate of drug-likeness (QED) is 0.676. The van der Waals surface area contributed by atoms with Crippen molar-refractivity contribution in [3.05, 3.63) is 86.8 Å². The normalized spacial score (nSPS) is 11.8. The Balaban J connectivity index is 1.94. The second-order valence-corrected chi connectivity index (χ2v) is 6.58. The lowest BCUT2D eigenvalue weighted by atomic mass is 10.0. The van der Waals surface area contributed by atoms with Crippen LogP contribution in [0.2, 0.25) is 5.02 Å². The van der Waals surface area contributed by atoms with E-state index in [0.29, 0.717) is 10.8 Å². The molecule has 3 aromatic rings. The number of nitrogens with one attached hydrogen (secondary N) is 1. The van der Waals surface area contributed by atoms with Gasteiger partial charge in [0.25, 0.3) is 5.91 Å². The van der Waals surface area contributed by atoms with E-state index in [1.54, 1.807) is 12.1 Å². The number of halogens is 2.